The highest BCUT2D eigenvalue weighted by atomic mass is 16.1. The molecule has 0 spiro atoms. The Morgan fingerprint density at radius 2 is 2.30 bits per heavy atom. The van der Waals surface area contributed by atoms with E-state index in [4.69, 9.17) is 0 Å². The average Bonchev–Trinajstić information content (AvgIpc) is 1.87. The van der Waals surface area contributed by atoms with Gasteiger partial charge in [-0.05, 0) is 24.7 Å². The highest BCUT2D eigenvalue weighted by molar-refractivity contribution is 5.46. The summed E-state index contributed by atoms with van der Waals surface area (Å²) in [5.41, 5.74) is 0.473. The fourth-order valence-corrected chi connectivity index (χ4v) is 1.59. The molecule has 0 saturated heterocycles. The van der Waals surface area contributed by atoms with Crippen molar-refractivity contribution < 1.29 is 4.79 Å². The molecule has 58 valence electrons. The smallest absolute Gasteiger partial charge is 0.207 e. The van der Waals surface area contributed by atoms with Gasteiger partial charge in [0.25, 0.3) is 0 Å². The summed E-state index contributed by atoms with van der Waals surface area (Å²) in [4.78, 5) is 10.00. The summed E-state index contributed by atoms with van der Waals surface area (Å²) in [5.74, 6) is 0. The molecule has 0 aliphatic heterocycles. The minimum absolute atomic E-state index is 0.473. The standard InChI is InChI=1S/C8H15NO/c1-2-8(4-3-5-8)6-9-7-10/h7H,2-6H2,1H3,(H,9,10). The average molecular weight is 141 g/mol. The number of rotatable bonds is 4. The van der Waals surface area contributed by atoms with Gasteiger partial charge in [0.1, 0.15) is 0 Å². The molecule has 1 aliphatic rings. The van der Waals surface area contributed by atoms with Crippen LogP contribution in [0.25, 0.3) is 0 Å². The van der Waals surface area contributed by atoms with Gasteiger partial charge in [0.2, 0.25) is 6.41 Å². The molecular formula is C8H15NO. The summed E-state index contributed by atoms with van der Waals surface area (Å²) >= 11 is 0. The van der Waals surface area contributed by atoms with Gasteiger partial charge in [-0.3, -0.25) is 4.79 Å². The fraction of sp³-hybridized carbons (Fsp3) is 0.875. The van der Waals surface area contributed by atoms with E-state index in [1.165, 1.54) is 25.7 Å². The van der Waals surface area contributed by atoms with Crippen LogP contribution in [0.15, 0.2) is 0 Å². The third-order valence-corrected chi connectivity index (χ3v) is 2.72. The van der Waals surface area contributed by atoms with Crippen molar-refractivity contribution >= 4 is 6.41 Å². The molecule has 0 aromatic carbocycles. The van der Waals surface area contributed by atoms with Crippen LogP contribution in [-0.2, 0) is 4.79 Å². The largest absolute Gasteiger partial charge is 0.358 e. The quantitative estimate of drug-likeness (QED) is 0.588. The van der Waals surface area contributed by atoms with Gasteiger partial charge in [-0.25, -0.2) is 0 Å². The van der Waals surface area contributed by atoms with Crippen molar-refractivity contribution in [1.29, 1.82) is 0 Å². The Morgan fingerprint density at radius 1 is 1.60 bits per heavy atom. The van der Waals surface area contributed by atoms with E-state index in [0.717, 1.165) is 13.0 Å². The van der Waals surface area contributed by atoms with Gasteiger partial charge < -0.3 is 5.32 Å². The van der Waals surface area contributed by atoms with Gasteiger partial charge in [0.15, 0.2) is 0 Å². The highest BCUT2D eigenvalue weighted by Gasteiger charge is 2.34. The predicted molar refractivity (Wildman–Crippen MR) is 40.6 cm³/mol. The summed E-state index contributed by atoms with van der Waals surface area (Å²) in [6.07, 6.45) is 5.94. The zero-order chi connectivity index (χ0) is 7.45. The Balaban J connectivity index is 2.26. The van der Waals surface area contributed by atoms with E-state index in [1.54, 1.807) is 0 Å². The molecule has 0 bridgehead atoms. The molecule has 0 unspecified atom stereocenters. The van der Waals surface area contributed by atoms with Crippen LogP contribution in [0.2, 0.25) is 0 Å². The molecule has 10 heavy (non-hydrogen) atoms. The Hall–Kier alpha value is -0.530. The van der Waals surface area contributed by atoms with Gasteiger partial charge >= 0.3 is 0 Å². The van der Waals surface area contributed by atoms with Gasteiger partial charge in [0.05, 0.1) is 0 Å². The molecule has 1 rings (SSSR count). The zero-order valence-corrected chi connectivity index (χ0v) is 6.52. The van der Waals surface area contributed by atoms with Crippen molar-refractivity contribution in [1.82, 2.24) is 5.32 Å². The van der Waals surface area contributed by atoms with Gasteiger partial charge in [-0.15, -0.1) is 0 Å². The number of hydrogen-bond acceptors (Lipinski definition) is 1. The third kappa shape index (κ3) is 1.31. The predicted octanol–water partition coefficient (Wildman–Crippen LogP) is 1.31. The normalized spacial score (nSPS) is 21.3. The monoisotopic (exact) mass is 141 g/mol. The lowest BCUT2D eigenvalue weighted by Gasteiger charge is -2.40. The first-order chi connectivity index (χ1) is 4.83. The van der Waals surface area contributed by atoms with Crippen LogP contribution in [0, 0.1) is 5.41 Å². The summed E-state index contributed by atoms with van der Waals surface area (Å²) in [5, 5.41) is 2.76. The van der Waals surface area contributed by atoms with E-state index >= 15 is 0 Å². The Kier molecular flexibility index (Phi) is 2.30. The van der Waals surface area contributed by atoms with Crippen LogP contribution < -0.4 is 5.32 Å². The summed E-state index contributed by atoms with van der Waals surface area (Å²) in [7, 11) is 0. The number of carbonyl (C=O) groups excluding carboxylic acids is 1. The van der Waals surface area contributed by atoms with E-state index < -0.39 is 0 Å². The highest BCUT2D eigenvalue weighted by Crippen LogP contribution is 2.42. The first-order valence-electron chi connectivity index (χ1n) is 4.00. The second-order valence-electron chi connectivity index (χ2n) is 3.21. The van der Waals surface area contributed by atoms with Crippen molar-refractivity contribution in [2.24, 2.45) is 5.41 Å². The van der Waals surface area contributed by atoms with Crippen LogP contribution >= 0.6 is 0 Å². The molecule has 1 aliphatic carbocycles. The van der Waals surface area contributed by atoms with Gasteiger partial charge in [-0.1, -0.05) is 13.3 Å². The first-order valence-corrected chi connectivity index (χ1v) is 4.00. The zero-order valence-electron chi connectivity index (χ0n) is 6.52. The Bertz CT molecular complexity index is 113. The lowest BCUT2D eigenvalue weighted by atomic mass is 9.67. The van der Waals surface area contributed by atoms with Gasteiger partial charge in [-0.2, -0.15) is 0 Å². The lowest BCUT2D eigenvalue weighted by Crippen LogP contribution is -2.38. The topological polar surface area (TPSA) is 29.1 Å². The van der Waals surface area contributed by atoms with E-state index in [1.807, 2.05) is 0 Å². The van der Waals surface area contributed by atoms with E-state index in [-0.39, 0.29) is 0 Å². The Morgan fingerprint density at radius 3 is 2.60 bits per heavy atom. The van der Waals surface area contributed by atoms with Crippen LogP contribution in [-0.4, -0.2) is 13.0 Å². The molecule has 1 saturated carbocycles. The van der Waals surface area contributed by atoms with Crippen molar-refractivity contribution in [2.75, 3.05) is 6.54 Å². The molecule has 0 aromatic heterocycles. The third-order valence-electron chi connectivity index (χ3n) is 2.72. The number of nitrogens with one attached hydrogen (secondary N) is 1. The van der Waals surface area contributed by atoms with Crippen molar-refractivity contribution in [3.05, 3.63) is 0 Å². The summed E-state index contributed by atoms with van der Waals surface area (Å²) in [6, 6.07) is 0. The first kappa shape index (κ1) is 7.58. The van der Waals surface area contributed by atoms with Gasteiger partial charge in [0, 0.05) is 6.54 Å². The number of amides is 1. The molecule has 2 nitrogen and oxygen atoms in total. The second kappa shape index (κ2) is 3.04. The maximum absolute atomic E-state index is 10.00. The van der Waals surface area contributed by atoms with E-state index in [9.17, 15) is 4.79 Å². The summed E-state index contributed by atoms with van der Waals surface area (Å²) in [6.45, 7) is 3.08. The second-order valence-corrected chi connectivity index (χ2v) is 3.21. The molecule has 0 radical (unpaired) electrons. The molecule has 1 N–H and O–H groups in total. The maximum atomic E-state index is 10.00. The molecule has 2 heteroatoms. The van der Waals surface area contributed by atoms with Crippen LogP contribution in [0.5, 0.6) is 0 Å². The van der Waals surface area contributed by atoms with Crippen molar-refractivity contribution in [3.63, 3.8) is 0 Å². The van der Waals surface area contributed by atoms with Crippen LogP contribution in [0.4, 0.5) is 0 Å². The molecular weight excluding hydrogens is 126 g/mol. The lowest BCUT2D eigenvalue weighted by molar-refractivity contribution is -0.110. The number of carbonyl (C=O) groups is 1. The molecule has 1 fully saturated rings. The molecule has 0 aromatic rings. The number of hydrogen-bond donors (Lipinski definition) is 1. The van der Waals surface area contributed by atoms with Crippen molar-refractivity contribution in [2.45, 2.75) is 32.6 Å². The van der Waals surface area contributed by atoms with Crippen LogP contribution in [0.1, 0.15) is 32.6 Å². The Labute approximate surface area is 62.0 Å². The van der Waals surface area contributed by atoms with Crippen molar-refractivity contribution in [3.8, 4) is 0 Å². The van der Waals surface area contributed by atoms with E-state index in [2.05, 4.69) is 12.2 Å². The van der Waals surface area contributed by atoms with Crippen LogP contribution in [0.3, 0.4) is 0 Å². The maximum Gasteiger partial charge on any atom is 0.207 e. The molecule has 0 heterocycles. The molecule has 0 atom stereocenters. The SMILES string of the molecule is CCC1(CNC=O)CCC1. The minimum Gasteiger partial charge on any atom is -0.358 e. The summed E-state index contributed by atoms with van der Waals surface area (Å²) < 4.78 is 0. The van der Waals surface area contributed by atoms with E-state index in [0.29, 0.717) is 5.41 Å². The molecule has 1 amide bonds. The minimum atomic E-state index is 0.473. The fourth-order valence-electron chi connectivity index (χ4n) is 1.59.